The molecule has 1 aliphatic rings. The van der Waals surface area contributed by atoms with Crippen LogP contribution in [-0.4, -0.2) is 24.1 Å². The number of rotatable bonds is 8. The Balaban J connectivity index is 1.07. The van der Waals surface area contributed by atoms with Gasteiger partial charge >= 0.3 is 0 Å². The second kappa shape index (κ2) is 17.2. The first-order chi connectivity index (χ1) is 37.6. The fourth-order valence-corrected chi connectivity index (χ4v) is 11.9. The zero-order valence-electron chi connectivity index (χ0n) is 41.4. The molecule has 6 heteroatoms. The van der Waals surface area contributed by atoms with Crippen LogP contribution < -0.4 is 0 Å². The van der Waals surface area contributed by atoms with Gasteiger partial charge in [-0.1, -0.05) is 225 Å². The van der Waals surface area contributed by atoms with Gasteiger partial charge in [0, 0.05) is 60.4 Å². The van der Waals surface area contributed by atoms with Gasteiger partial charge in [-0.15, -0.1) is 0 Å². The first-order valence-electron chi connectivity index (χ1n) is 25.7. The lowest BCUT2D eigenvalue weighted by Gasteiger charge is -2.15. The molecule has 76 heavy (non-hydrogen) atoms. The zero-order chi connectivity index (χ0) is 50.4. The molecular formula is C70H45N5O. The Morgan fingerprint density at radius 2 is 0.961 bits per heavy atom. The van der Waals surface area contributed by atoms with Crippen molar-refractivity contribution in [1.29, 1.82) is 0 Å². The maximum Gasteiger partial charge on any atom is 0.238 e. The lowest BCUT2D eigenvalue weighted by molar-refractivity contribution is 0.669. The van der Waals surface area contributed by atoms with Gasteiger partial charge in [-0.25, -0.2) is 4.98 Å². The van der Waals surface area contributed by atoms with E-state index >= 15 is 0 Å². The Bertz CT molecular complexity index is 4710. The van der Waals surface area contributed by atoms with E-state index < -0.39 is 0 Å². The van der Waals surface area contributed by atoms with E-state index in [1.807, 2.05) is 30.3 Å². The molecule has 0 saturated carbocycles. The number of benzene rings is 10. The number of hydrogen-bond acceptors (Lipinski definition) is 4. The average Bonchev–Trinajstić information content (AvgIpc) is 4.11. The molecule has 0 saturated heterocycles. The van der Waals surface area contributed by atoms with Gasteiger partial charge in [-0.05, 0) is 75.7 Å². The normalized spacial score (nSPS) is 12.0. The van der Waals surface area contributed by atoms with Gasteiger partial charge in [0.25, 0.3) is 0 Å². The molecule has 0 N–H and O–H groups in total. The third-order valence-corrected chi connectivity index (χ3v) is 15.3. The second-order valence-corrected chi connectivity index (χ2v) is 19.6. The highest BCUT2D eigenvalue weighted by atomic mass is 16.3. The number of aromatic nitrogens is 5. The summed E-state index contributed by atoms with van der Waals surface area (Å²) in [6.07, 6.45) is 4.35. The van der Waals surface area contributed by atoms with Crippen molar-refractivity contribution in [3.8, 4) is 78.9 Å². The van der Waals surface area contributed by atoms with E-state index in [9.17, 15) is 0 Å². The monoisotopic (exact) mass is 971 g/mol. The van der Waals surface area contributed by atoms with Crippen molar-refractivity contribution >= 4 is 66.3 Å². The van der Waals surface area contributed by atoms with Crippen LogP contribution in [0.3, 0.4) is 0 Å². The number of furan rings is 1. The van der Waals surface area contributed by atoms with Crippen LogP contribution in [0.25, 0.3) is 145 Å². The van der Waals surface area contributed by atoms with Crippen molar-refractivity contribution in [3.63, 3.8) is 0 Å². The van der Waals surface area contributed by atoms with Crippen molar-refractivity contribution in [2.75, 3.05) is 0 Å². The lowest BCUT2D eigenvalue weighted by Crippen LogP contribution is -2.09. The summed E-state index contributed by atoms with van der Waals surface area (Å²) in [6.45, 7) is 6.73. The van der Waals surface area contributed by atoms with E-state index in [1.165, 1.54) is 22.1 Å². The van der Waals surface area contributed by atoms with Gasteiger partial charge < -0.3 is 8.98 Å². The summed E-state index contributed by atoms with van der Waals surface area (Å²) in [7, 11) is 0. The molecule has 6 nitrogen and oxygen atoms in total. The second-order valence-electron chi connectivity index (χ2n) is 19.6. The number of hydrogen-bond donors (Lipinski definition) is 0. The molecule has 1 aliphatic heterocycles. The molecule has 0 fully saturated rings. The predicted molar refractivity (Wildman–Crippen MR) is 314 cm³/mol. The molecule has 0 radical (unpaired) electrons. The molecule has 0 bridgehead atoms. The van der Waals surface area contributed by atoms with Crippen LogP contribution in [0.1, 0.15) is 16.8 Å². The summed E-state index contributed by atoms with van der Waals surface area (Å²) < 4.78 is 11.5. The van der Waals surface area contributed by atoms with Crippen LogP contribution in [0.5, 0.6) is 0 Å². The standard InChI is InChI=1S/C70H45N5O/c1-43(45-20-6-3-7-21-45)38-39-50-44(2)74(66-57(50)40-41-58-56-33-17-32-55-53-29-13-12-28-52(53)54-30-14-15-35-60(54)75(65(55)56)67(58)66)70-72-68(49-27-16-26-48(42-49)46-22-8-4-9-23-46)71-69(73-70)59-34-19-37-62-64(59)63-51(31-18-36-61(63)76-62)47-24-10-5-11-25-47/h3-42H,1H2,2H3/b39-38-. The molecular weight excluding hydrogens is 927 g/mol. The average molecular weight is 972 g/mol. The van der Waals surface area contributed by atoms with Crippen LogP contribution in [0.15, 0.2) is 248 Å². The van der Waals surface area contributed by atoms with E-state index in [-0.39, 0.29) is 0 Å². The summed E-state index contributed by atoms with van der Waals surface area (Å²) in [5, 5.41) is 5.32. The Kier molecular flexibility index (Phi) is 9.84. The quantitative estimate of drug-likeness (QED) is 0.142. The largest absolute Gasteiger partial charge is 0.456 e. The van der Waals surface area contributed by atoms with Gasteiger partial charge in [0.15, 0.2) is 11.6 Å². The Labute approximate surface area is 438 Å². The van der Waals surface area contributed by atoms with E-state index in [1.54, 1.807) is 0 Å². The fraction of sp³-hybridized carbons (Fsp3) is 0.0143. The molecule has 0 atom stereocenters. The first kappa shape index (κ1) is 43.4. The number of allylic oxidation sites excluding steroid dienone is 2. The third-order valence-electron chi connectivity index (χ3n) is 15.3. The van der Waals surface area contributed by atoms with E-state index in [2.05, 4.69) is 235 Å². The third kappa shape index (κ3) is 6.71. The van der Waals surface area contributed by atoms with Crippen LogP contribution >= 0.6 is 0 Å². The summed E-state index contributed by atoms with van der Waals surface area (Å²) in [5.41, 5.74) is 20.7. The van der Waals surface area contributed by atoms with Crippen molar-refractivity contribution in [1.82, 2.24) is 24.1 Å². The van der Waals surface area contributed by atoms with E-state index in [0.717, 1.165) is 116 Å². The predicted octanol–water partition coefficient (Wildman–Crippen LogP) is 18.2. The Morgan fingerprint density at radius 1 is 0.421 bits per heavy atom. The smallest absolute Gasteiger partial charge is 0.238 e. The molecule has 0 unspecified atom stereocenters. The number of para-hydroxylation sites is 2. The SMILES string of the molecule is C=C(/C=C\c1c(C)n(-c2nc(-c3cccc(-c4ccccc4)c3)nc(-c3cccc4oc5cccc(-c6ccccc6)c5c34)n2)c2c1ccc1c3cccc4c3n(c12)-c1ccccc1-c1ccccc1-4)c1ccccc1. The summed E-state index contributed by atoms with van der Waals surface area (Å²) in [6, 6.07) is 81.2. The summed E-state index contributed by atoms with van der Waals surface area (Å²) in [4.78, 5) is 16.8. The van der Waals surface area contributed by atoms with E-state index in [0.29, 0.717) is 17.6 Å². The molecule has 4 aromatic heterocycles. The zero-order valence-corrected chi connectivity index (χ0v) is 41.4. The van der Waals surface area contributed by atoms with Gasteiger partial charge in [-0.2, -0.15) is 9.97 Å². The maximum absolute atomic E-state index is 6.72. The van der Waals surface area contributed by atoms with Gasteiger partial charge in [0.2, 0.25) is 5.95 Å². The van der Waals surface area contributed by atoms with Crippen LogP contribution in [-0.2, 0) is 0 Å². The Morgan fingerprint density at radius 3 is 1.74 bits per heavy atom. The molecule has 14 aromatic rings. The van der Waals surface area contributed by atoms with Crippen molar-refractivity contribution in [2.45, 2.75) is 6.92 Å². The topological polar surface area (TPSA) is 61.7 Å². The number of nitrogens with zero attached hydrogens (tertiary/aromatic N) is 5. The minimum atomic E-state index is 0.498. The lowest BCUT2D eigenvalue weighted by atomic mass is 9.93. The van der Waals surface area contributed by atoms with E-state index in [4.69, 9.17) is 19.4 Å². The molecule has 5 heterocycles. The highest BCUT2D eigenvalue weighted by molar-refractivity contribution is 6.23. The first-order valence-corrected chi connectivity index (χ1v) is 25.7. The van der Waals surface area contributed by atoms with Crippen LogP contribution in [0.4, 0.5) is 0 Å². The van der Waals surface area contributed by atoms with Gasteiger partial charge in [0.1, 0.15) is 11.2 Å². The molecule has 10 aromatic carbocycles. The van der Waals surface area contributed by atoms with Crippen LogP contribution in [0.2, 0.25) is 0 Å². The minimum absolute atomic E-state index is 0.498. The molecule has 0 spiro atoms. The highest BCUT2D eigenvalue weighted by Gasteiger charge is 2.29. The molecule has 15 rings (SSSR count). The molecule has 356 valence electrons. The van der Waals surface area contributed by atoms with Crippen LogP contribution in [0, 0.1) is 6.92 Å². The Hall–Kier alpha value is -10.2. The van der Waals surface area contributed by atoms with Gasteiger partial charge in [-0.3, -0.25) is 4.57 Å². The minimum Gasteiger partial charge on any atom is -0.456 e. The highest BCUT2D eigenvalue weighted by Crippen LogP contribution is 2.49. The molecule has 0 amide bonds. The number of fused-ring (bicyclic) bond motifs is 13. The fourth-order valence-electron chi connectivity index (χ4n) is 11.9. The maximum atomic E-state index is 6.72. The molecule has 0 aliphatic carbocycles. The van der Waals surface area contributed by atoms with Crippen molar-refractivity contribution < 1.29 is 4.42 Å². The summed E-state index contributed by atoms with van der Waals surface area (Å²) >= 11 is 0. The van der Waals surface area contributed by atoms with Gasteiger partial charge in [0.05, 0.1) is 22.2 Å². The van der Waals surface area contributed by atoms with Crippen molar-refractivity contribution in [3.05, 3.63) is 260 Å². The summed E-state index contributed by atoms with van der Waals surface area (Å²) in [5.74, 6) is 1.58. The van der Waals surface area contributed by atoms with Crippen molar-refractivity contribution in [2.24, 2.45) is 0 Å².